The minimum absolute atomic E-state index is 0. The van der Waals surface area contributed by atoms with E-state index < -0.39 is 10.8 Å². The molecule has 18 rings (SSSR count). The normalized spacial score (nSPS) is 13.8. The molecule has 0 bridgehead atoms. The van der Waals surface area contributed by atoms with E-state index in [-0.39, 0.29) is 26.5 Å². The van der Waals surface area contributed by atoms with Crippen LogP contribution in [-0.2, 0) is 37.3 Å². The van der Waals surface area contributed by atoms with E-state index in [0.29, 0.717) is 11.5 Å². The Kier molecular flexibility index (Phi) is 14.1. The zero-order valence-corrected chi connectivity index (χ0v) is 55.5. The van der Waals surface area contributed by atoms with E-state index in [1.807, 2.05) is 18.3 Å². The summed E-state index contributed by atoms with van der Waals surface area (Å²) in [5, 5.41) is 2.20. The quantitative estimate of drug-likeness (QED) is 0.121. The molecule has 2 aliphatic carbocycles. The van der Waals surface area contributed by atoms with Gasteiger partial charge in [0.05, 0.1) is 10.8 Å². The van der Waals surface area contributed by atoms with Gasteiger partial charge < -0.3 is 19.1 Å². The summed E-state index contributed by atoms with van der Waals surface area (Å²) in [6, 6.07) is 123. The molecule has 6 heteroatoms. The van der Waals surface area contributed by atoms with Crippen molar-refractivity contribution < 1.29 is 25.8 Å². The van der Waals surface area contributed by atoms with Crippen LogP contribution in [0.25, 0.3) is 72.1 Å². The number of nitrogens with zero attached hydrogens (tertiary/aromatic N) is 4. The van der Waals surface area contributed by atoms with Crippen LogP contribution in [0.3, 0.4) is 0 Å². The van der Waals surface area contributed by atoms with Gasteiger partial charge in [-0.15, -0.1) is 48.1 Å². The largest absolute Gasteiger partial charge is 0.509 e. The van der Waals surface area contributed by atoms with E-state index >= 15 is 0 Å². The zero-order chi connectivity index (χ0) is 63.4. The van der Waals surface area contributed by atoms with Crippen LogP contribution < -0.4 is 14.5 Å². The molecule has 0 saturated heterocycles. The molecule has 0 amide bonds. The smallest absolute Gasteiger partial charge is 0.135 e. The average Bonchev–Trinajstić information content (AvgIpc) is 1.54. The number of ether oxygens (including phenoxy) is 1. The molecule has 96 heavy (non-hydrogen) atoms. The van der Waals surface area contributed by atoms with Gasteiger partial charge in [-0.25, -0.2) is 4.98 Å². The van der Waals surface area contributed by atoms with E-state index in [1.165, 1.54) is 72.3 Å². The second kappa shape index (κ2) is 23.1. The molecular formula is C90H63N4OPt-3. The van der Waals surface area contributed by atoms with Gasteiger partial charge in [0.2, 0.25) is 0 Å². The number of para-hydroxylation sites is 4. The van der Waals surface area contributed by atoms with Crippen LogP contribution in [-0.4, -0.2) is 9.55 Å². The maximum absolute atomic E-state index is 6.87. The van der Waals surface area contributed by atoms with Gasteiger partial charge in [0.15, 0.2) is 0 Å². The summed E-state index contributed by atoms with van der Waals surface area (Å²) in [5.41, 5.74) is 25.3. The first kappa shape index (κ1) is 58.7. The van der Waals surface area contributed by atoms with Gasteiger partial charge in [0.25, 0.3) is 0 Å². The number of benzene rings is 13. The van der Waals surface area contributed by atoms with Crippen molar-refractivity contribution in [3.8, 4) is 61.8 Å². The Labute approximate surface area is 575 Å². The first-order chi connectivity index (χ1) is 46.7. The predicted octanol–water partition coefficient (Wildman–Crippen LogP) is 22.3. The molecule has 0 spiro atoms. The van der Waals surface area contributed by atoms with Gasteiger partial charge >= 0.3 is 0 Å². The molecule has 0 fully saturated rings. The van der Waals surface area contributed by atoms with Crippen molar-refractivity contribution in [3.05, 3.63) is 391 Å². The second-order valence-corrected chi connectivity index (χ2v) is 26.2. The molecule has 13 aromatic carbocycles. The van der Waals surface area contributed by atoms with Crippen LogP contribution in [0.4, 0.5) is 22.7 Å². The van der Waals surface area contributed by atoms with Crippen LogP contribution in [0.2, 0.25) is 0 Å². The maximum atomic E-state index is 6.87. The molecule has 462 valence electrons. The summed E-state index contributed by atoms with van der Waals surface area (Å²) < 4.78 is 9.08. The van der Waals surface area contributed by atoms with Crippen molar-refractivity contribution in [1.82, 2.24) is 9.55 Å². The van der Waals surface area contributed by atoms with Crippen molar-refractivity contribution >= 4 is 44.6 Å². The molecule has 0 radical (unpaired) electrons. The van der Waals surface area contributed by atoms with Gasteiger partial charge in [-0.1, -0.05) is 269 Å². The van der Waals surface area contributed by atoms with Crippen LogP contribution in [0.1, 0.15) is 70.8 Å². The Morgan fingerprint density at radius 1 is 0.385 bits per heavy atom. The molecule has 5 nitrogen and oxygen atoms in total. The number of hydrogen-bond donors (Lipinski definition) is 0. The SMILES string of the molecule is CC(C)(C)c1ccnc(-n2c3[c-]c(Oc4[c-]c(N5[CH-]N(c6c(-c7ccc8c(c7)-c7ccccc7C8(c7ccccc7)c7ccccc7)cccc6-c6ccc7c(c6)-c6ccccc6C7(c6ccccc6)c6ccccc6)c6ccccc65)ccc4)ccc3c3ccccc32)c1.[Pt]. The van der Waals surface area contributed by atoms with Crippen molar-refractivity contribution in [1.29, 1.82) is 0 Å². The topological polar surface area (TPSA) is 33.5 Å². The fourth-order valence-electron chi connectivity index (χ4n) is 15.9. The van der Waals surface area contributed by atoms with Gasteiger partial charge in [-0.3, -0.25) is 0 Å². The molecule has 1 aliphatic heterocycles. The van der Waals surface area contributed by atoms with E-state index in [0.717, 1.165) is 72.6 Å². The van der Waals surface area contributed by atoms with E-state index in [2.05, 4.69) is 357 Å². The summed E-state index contributed by atoms with van der Waals surface area (Å²) in [5.74, 6) is 1.99. The predicted molar refractivity (Wildman–Crippen MR) is 388 cm³/mol. The first-order valence-corrected chi connectivity index (χ1v) is 32.7. The monoisotopic (exact) mass is 1410 g/mol. The molecular weight excluding hydrogens is 1350 g/mol. The minimum atomic E-state index is -0.537. The molecule has 2 aromatic heterocycles. The van der Waals surface area contributed by atoms with Gasteiger partial charge in [0.1, 0.15) is 5.82 Å². The third kappa shape index (κ3) is 9.05. The molecule has 0 unspecified atom stereocenters. The van der Waals surface area contributed by atoms with Crippen molar-refractivity contribution in [2.24, 2.45) is 0 Å². The van der Waals surface area contributed by atoms with Crippen LogP contribution in [0, 0.1) is 18.8 Å². The van der Waals surface area contributed by atoms with Crippen LogP contribution >= 0.6 is 0 Å². The van der Waals surface area contributed by atoms with E-state index in [1.54, 1.807) is 0 Å². The maximum Gasteiger partial charge on any atom is 0.135 e. The summed E-state index contributed by atoms with van der Waals surface area (Å²) in [7, 11) is 0. The van der Waals surface area contributed by atoms with E-state index in [9.17, 15) is 0 Å². The molecule has 15 aromatic rings. The number of pyridine rings is 1. The summed E-state index contributed by atoms with van der Waals surface area (Å²) in [6.45, 7) is 8.95. The number of anilines is 4. The summed E-state index contributed by atoms with van der Waals surface area (Å²) in [4.78, 5) is 9.59. The number of hydrogen-bond acceptors (Lipinski definition) is 4. The van der Waals surface area contributed by atoms with Gasteiger partial charge in [0, 0.05) is 72.5 Å². The Morgan fingerprint density at radius 2 is 0.854 bits per heavy atom. The minimum Gasteiger partial charge on any atom is -0.509 e. The van der Waals surface area contributed by atoms with Gasteiger partial charge in [-0.05, 0) is 137 Å². The Balaban J connectivity index is 0.00000697. The second-order valence-electron chi connectivity index (χ2n) is 26.2. The summed E-state index contributed by atoms with van der Waals surface area (Å²) >= 11 is 0. The standard InChI is InChI=1S/C90H63N4O.Pt/c1-88(2,3)66-52-53-91-86(56-66)94-82-43-21-18-38-74(82)75-49-48-69(58-85(75)94)95-68-35-24-34-67(57-68)92-59-93(84-45-23-22-44-83(84)92)87-70(60-46-50-80-76(54-60)72-36-16-19-41-78(72)89(80,62-26-8-4-9-27-62)63-28-10-5-11-29-63)39-25-40-71(87)61-47-51-81-77(55-61)73-37-17-20-42-79(73)90(81,64-30-12-6-13-31-64)65-32-14-7-15-33-65;/h4-56,59H,1-3H3;/q-3;. The number of fused-ring (bicyclic) bond motifs is 10. The third-order valence-electron chi connectivity index (χ3n) is 20.1. The average molecular weight is 1410 g/mol. The Hall–Kier alpha value is -11.1. The van der Waals surface area contributed by atoms with Crippen molar-refractivity contribution in [2.75, 3.05) is 9.80 Å². The molecule has 3 aliphatic rings. The molecule has 0 N–H and O–H groups in total. The fraction of sp³-hybridized carbons (Fsp3) is 0.0667. The Morgan fingerprint density at radius 3 is 1.42 bits per heavy atom. The van der Waals surface area contributed by atoms with Crippen molar-refractivity contribution in [2.45, 2.75) is 37.0 Å². The van der Waals surface area contributed by atoms with Crippen LogP contribution in [0.5, 0.6) is 11.5 Å². The van der Waals surface area contributed by atoms with Crippen LogP contribution in [0.15, 0.2) is 322 Å². The van der Waals surface area contributed by atoms with E-state index in [4.69, 9.17) is 9.72 Å². The first-order valence-electron chi connectivity index (χ1n) is 32.7. The Bertz CT molecular complexity index is 5220. The fourth-order valence-corrected chi connectivity index (χ4v) is 15.9. The molecule has 0 atom stereocenters. The summed E-state index contributed by atoms with van der Waals surface area (Å²) in [6.07, 6.45) is 1.91. The zero-order valence-electron chi connectivity index (χ0n) is 53.2. The molecule has 0 saturated carbocycles. The number of rotatable bonds is 11. The van der Waals surface area contributed by atoms with Crippen molar-refractivity contribution in [3.63, 3.8) is 0 Å². The third-order valence-corrected chi connectivity index (χ3v) is 20.1. The molecule has 3 heterocycles. The number of aromatic nitrogens is 2. The van der Waals surface area contributed by atoms with Gasteiger partial charge in [-0.2, -0.15) is 12.1 Å².